The van der Waals surface area contributed by atoms with Crippen molar-refractivity contribution in [1.29, 1.82) is 0 Å². The van der Waals surface area contributed by atoms with Crippen LogP contribution in [0.5, 0.6) is 0 Å². The van der Waals surface area contributed by atoms with Gasteiger partial charge in [-0.15, -0.1) is 0 Å². The maximum Gasteiger partial charge on any atom is 0.242 e. The molecule has 1 fully saturated rings. The summed E-state index contributed by atoms with van der Waals surface area (Å²) in [5.74, 6) is 1.68. The molecule has 5 nitrogen and oxygen atoms in total. The van der Waals surface area contributed by atoms with E-state index in [9.17, 15) is 4.79 Å². The third kappa shape index (κ3) is 4.21. The first-order valence-corrected chi connectivity index (χ1v) is 9.06. The third-order valence-electron chi connectivity index (χ3n) is 4.89. The molecule has 0 saturated carbocycles. The number of anilines is 1. The van der Waals surface area contributed by atoms with E-state index in [1.807, 2.05) is 30.9 Å². The molecule has 1 aromatic heterocycles. The summed E-state index contributed by atoms with van der Waals surface area (Å²) < 4.78 is 5.76. The summed E-state index contributed by atoms with van der Waals surface area (Å²) in [5, 5.41) is 0. The highest BCUT2D eigenvalue weighted by molar-refractivity contribution is 5.81. The molecule has 0 bridgehead atoms. The van der Waals surface area contributed by atoms with Crippen molar-refractivity contribution >= 4 is 11.6 Å². The summed E-state index contributed by atoms with van der Waals surface area (Å²) in [6, 6.07) is 8.15. The van der Waals surface area contributed by atoms with Crippen molar-refractivity contribution in [2.24, 2.45) is 0 Å². The molecule has 134 valence electrons. The minimum Gasteiger partial charge on any atom is -0.444 e. The van der Waals surface area contributed by atoms with Gasteiger partial charge in [0.05, 0.1) is 18.8 Å². The number of amides is 1. The van der Waals surface area contributed by atoms with E-state index in [-0.39, 0.29) is 5.91 Å². The number of nitrogens with zero attached hydrogens (tertiary/aromatic N) is 3. The molecule has 1 aliphatic rings. The number of aromatic nitrogens is 1. The molecule has 1 aliphatic heterocycles. The average Bonchev–Trinajstić information content (AvgIpc) is 2.93. The van der Waals surface area contributed by atoms with Gasteiger partial charge in [0.25, 0.3) is 0 Å². The molecule has 0 atom stereocenters. The zero-order valence-electron chi connectivity index (χ0n) is 15.4. The van der Waals surface area contributed by atoms with Gasteiger partial charge < -0.3 is 14.2 Å². The van der Waals surface area contributed by atoms with Crippen molar-refractivity contribution in [1.82, 2.24) is 9.88 Å². The van der Waals surface area contributed by atoms with E-state index in [0.717, 1.165) is 48.6 Å². The van der Waals surface area contributed by atoms with Crippen LogP contribution in [0.15, 0.2) is 28.7 Å². The van der Waals surface area contributed by atoms with E-state index in [1.54, 1.807) is 0 Å². The summed E-state index contributed by atoms with van der Waals surface area (Å²) in [6.45, 7) is 8.53. The highest BCUT2D eigenvalue weighted by Gasteiger charge is 2.22. The maximum absolute atomic E-state index is 12.8. The van der Waals surface area contributed by atoms with Gasteiger partial charge in [0.1, 0.15) is 5.76 Å². The van der Waals surface area contributed by atoms with Crippen molar-refractivity contribution in [3.8, 4) is 0 Å². The molecule has 0 unspecified atom stereocenters. The maximum atomic E-state index is 12.8. The van der Waals surface area contributed by atoms with Gasteiger partial charge >= 0.3 is 0 Å². The molecule has 25 heavy (non-hydrogen) atoms. The van der Waals surface area contributed by atoms with Gasteiger partial charge in [-0.05, 0) is 51.7 Å². The second kappa shape index (κ2) is 7.72. The number of oxazole rings is 1. The Morgan fingerprint density at radius 2 is 1.88 bits per heavy atom. The fourth-order valence-corrected chi connectivity index (χ4v) is 3.32. The Morgan fingerprint density at radius 1 is 1.16 bits per heavy atom. The molecule has 1 saturated heterocycles. The SMILES string of the molecule is Cc1ccccc1N(CC(=O)N1CCCCC1)Cc1nc(C)c(C)o1. The van der Waals surface area contributed by atoms with E-state index < -0.39 is 0 Å². The largest absolute Gasteiger partial charge is 0.444 e. The lowest BCUT2D eigenvalue weighted by atomic mass is 10.1. The van der Waals surface area contributed by atoms with E-state index in [4.69, 9.17) is 4.42 Å². The fourth-order valence-electron chi connectivity index (χ4n) is 3.32. The number of carbonyl (C=O) groups is 1. The van der Waals surface area contributed by atoms with Crippen molar-refractivity contribution in [3.05, 3.63) is 47.2 Å². The number of piperidine rings is 1. The Bertz CT molecular complexity index is 713. The highest BCUT2D eigenvalue weighted by atomic mass is 16.4. The topological polar surface area (TPSA) is 49.6 Å². The van der Waals surface area contributed by atoms with Crippen molar-refractivity contribution in [2.75, 3.05) is 24.5 Å². The number of aryl methyl sites for hydroxylation is 3. The Balaban J connectivity index is 1.81. The molecule has 5 heteroatoms. The first-order valence-electron chi connectivity index (χ1n) is 9.06. The zero-order valence-corrected chi connectivity index (χ0v) is 15.4. The second-order valence-electron chi connectivity index (χ2n) is 6.83. The summed E-state index contributed by atoms with van der Waals surface area (Å²) in [7, 11) is 0. The fraction of sp³-hybridized carbons (Fsp3) is 0.500. The first kappa shape index (κ1) is 17.5. The van der Waals surface area contributed by atoms with Crippen molar-refractivity contribution in [3.63, 3.8) is 0 Å². The van der Waals surface area contributed by atoms with Gasteiger partial charge in [0.15, 0.2) is 0 Å². The van der Waals surface area contributed by atoms with E-state index >= 15 is 0 Å². The van der Waals surface area contributed by atoms with Crippen LogP contribution in [-0.4, -0.2) is 35.4 Å². The number of hydrogen-bond acceptors (Lipinski definition) is 4. The number of rotatable bonds is 5. The van der Waals surface area contributed by atoms with Gasteiger partial charge in [-0.2, -0.15) is 0 Å². The molecule has 0 radical (unpaired) electrons. The van der Waals surface area contributed by atoms with Crippen LogP contribution in [0.4, 0.5) is 5.69 Å². The number of para-hydroxylation sites is 1. The van der Waals surface area contributed by atoms with Crippen LogP contribution >= 0.6 is 0 Å². The van der Waals surface area contributed by atoms with E-state index in [0.29, 0.717) is 19.0 Å². The molecule has 0 N–H and O–H groups in total. The Kier molecular flexibility index (Phi) is 5.41. The lowest BCUT2D eigenvalue weighted by molar-refractivity contribution is -0.130. The predicted octanol–water partition coefficient (Wildman–Crippen LogP) is 3.62. The molecule has 3 rings (SSSR count). The summed E-state index contributed by atoms with van der Waals surface area (Å²) in [5.41, 5.74) is 3.11. The molecule has 0 spiro atoms. The minimum atomic E-state index is 0.183. The monoisotopic (exact) mass is 341 g/mol. The molecular formula is C20H27N3O2. The molecule has 1 aromatic carbocycles. The summed E-state index contributed by atoms with van der Waals surface area (Å²) in [4.78, 5) is 21.3. The number of likely N-dealkylation sites (tertiary alicyclic amines) is 1. The van der Waals surface area contributed by atoms with Crippen LogP contribution in [0.1, 0.15) is 42.2 Å². The van der Waals surface area contributed by atoms with Crippen molar-refractivity contribution < 1.29 is 9.21 Å². The Morgan fingerprint density at radius 3 is 2.52 bits per heavy atom. The normalized spacial score (nSPS) is 14.6. The summed E-state index contributed by atoms with van der Waals surface area (Å²) >= 11 is 0. The first-order chi connectivity index (χ1) is 12.0. The molecule has 2 aromatic rings. The smallest absolute Gasteiger partial charge is 0.242 e. The predicted molar refractivity (Wildman–Crippen MR) is 98.6 cm³/mol. The summed E-state index contributed by atoms with van der Waals surface area (Å²) in [6.07, 6.45) is 3.43. The van der Waals surface area contributed by atoms with Crippen LogP contribution in [0.3, 0.4) is 0 Å². The Hall–Kier alpha value is -2.30. The molecule has 0 aliphatic carbocycles. The lowest BCUT2D eigenvalue weighted by Crippen LogP contribution is -2.42. The van der Waals surface area contributed by atoms with Crippen LogP contribution in [0.2, 0.25) is 0 Å². The van der Waals surface area contributed by atoms with E-state index in [1.165, 1.54) is 6.42 Å². The minimum absolute atomic E-state index is 0.183. The number of carbonyl (C=O) groups excluding carboxylic acids is 1. The standard InChI is InChI=1S/C20H27N3O2/c1-15-9-5-6-10-18(15)23(13-19-21-16(2)17(3)25-19)14-20(24)22-11-7-4-8-12-22/h5-6,9-10H,4,7-8,11-14H2,1-3H3. The average molecular weight is 341 g/mol. The van der Waals surface area contributed by atoms with Crippen molar-refractivity contribution in [2.45, 2.75) is 46.6 Å². The van der Waals surface area contributed by atoms with Crippen LogP contribution in [-0.2, 0) is 11.3 Å². The van der Waals surface area contributed by atoms with Crippen LogP contribution < -0.4 is 4.90 Å². The second-order valence-corrected chi connectivity index (χ2v) is 6.83. The highest BCUT2D eigenvalue weighted by Crippen LogP contribution is 2.23. The third-order valence-corrected chi connectivity index (χ3v) is 4.89. The lowest BCUT2D eigenvalue weighted by Gasteiger charge is -2.31. The zero-order chi connectivity index (χ0) is 17.8. The van der Waals surface area contributed by atoms with Gasteiger partial charge in [-0.3, -0.25) is 4.79 Å². The van der Waals surface area contributed by atoms with Gasteiger partial charge in [-0.25, -0.2) is 4.98 Å². The van der Waals surface area contributed by atoms with E-state index in [2.05, 4.69) is 28.9 Å². The van der Waals surface area contributed by atoms with Gasteiger partial charge in [0.2, 0.25) is 11.8 Å². The Labute approximate surface area is 149 Å². The van der Waals surface area contributed by atoms with Gasteiger partial charge in [-0.1, -0.05) is 18.2 Å². The quantitative estimate of drug-likeness (QED) is 0.833. The molecule has 2 heterocycles. The van der Waals surface area contributed by atoms with Gasteiger partial charge in [0, 0.05) is 18.8 Å². The van der Waals surface area contributed by atoms with Crippen LogP contribution in [0, 0.1) is 20.8 Å². The molecule has 1 amide bonds. The number of benzene rings is 1. The molecular weight excluding hydrogens is 314 g/mol. The van der Waals surface area contributed by atoms with Crippen LogP contribution in [0.25, 0.3) is 0 Å². The number of hydrogen-bond donors (Lipinski definition) is 0.